The summed E-state index contributed by atoms with van der Waals surface area (Å²) in [5, 5.41) is 5.96. The number of hydrogen-bond acceptors (Lipinski definition) is 8. The second-order valence-electron chi connectivity index (χ2n) is 7.67. The molecule has 0 spiro atoms. The third kappa shape index (κ3) is 4.90. The van der Waals surface area contributed by atoms with Gasteiger partial charge >= 0.3 is 0 Å². The van der Waals surface area contributed by atoms with Gasteiger partial charge in [-0.3, -0.25) is 0 Å². The summed E-state index contributed by atoms with van der Waals surface area (Å²) in [4.78, 5) is 8.98. The molecule has 9 heteroatoms. The minimum atomic E-state index is -3.32. The van der Waals surface area contributed by atoms with E-state index in [1.165, 1.54) is 0 Å². The van der Waals surface area contributed by atoms with Crippen molar-refractivity contribution in [2.75, 3.05) is 29.9 Å². The van der Waals surface area contributed by atoms with Crippen LogP contribution in [0.4, 0.5) is 23.0 Å². The van der Waals surface area contributed by atoms with Crippen molar-refractivity contribution in [1.82, 2.24) is 15.3 Å². The number of rotatable bonds is 6. The lowest BCUT2D eigenvalue weighted by atomic mass is 10.1. The molecule has 2 aromatic carbocycles. The first kappa shape index (κ1) is 21.8. The highest BCUT2D eigenvalue weighted by molar-refractivity contribution is 7.92. The minimum absolute atomic E-state index is 0.325. The lowest BCUT2D eigenvalue weighted by Gasteiger charge is -2.22. The maximum absolute atomic E-state index is 12.8. The van der Waals surface area contributed by atoms with Crippen LogP contribution in [0.2, 0.25) is 0 Å². The Bertz CT molecular complexity index is 1200. The number of hydrogen-bond donors (Lipinski definition) is 4. The number of aromatic nitrogens is 2. The van der Waals surface area contributed by atoms with Gasteiger partial charge in [-0.2, -0.15) is 0 Å². The molecule has 0 bridgehead atoms. The van der Waals surface area contributed by atoms with Crippen LogP contribution >= 0.6 is 0 Å². The van der Waals surface area contributed by atoms with Crippen LogP contribution in [0, 0.1) is 0 Å². The quantitative estimate of drug-likeness (QED) is 0.421. The molecule has 1 aromatic heterocycles. The van der Waals surface area contributed by atoms with Crippen LogP contribution < -0.4 is 22.1 Å². The van der Waals surface area contributed by atoms with Crippen LogP contribution in [0.15, 0.2) is 59.8 Å². The van der Waals surface area contributed by atoms with Crippen LogP contribution in [0.5, 0.6) is 0 Å². The zero-order valence-corrected chi connectivity index (χ0v) is 18.3. The van der Waals surface area contributed by atoms with Crippen molar-refractivity contribution in [1.29, 1.82) is 0 Å². The van der Waals surface area contributed by atoms with Crippen LogP contribution in [-0.4, -0.2) is 36.7 Å². The monoisotopic (exact) mass is 450 g/mol. The Labute approximate surface area is 187 Å². The van der Waals surface area contributed by atoms with E-state index in [2.05, 4.69) is 20.6 Å². The van der Waals surface area contributed by atoms with Crippen molar-refractivity contribution < 1.29 is 8.42 Å². The Morgan fingerprint density at radius 1 is 0.969 bits per heavy atom. The maximum Gasteiger partial charge on any atom is 0.227 e. The van der Waals surface area contributed by atoms with Gasteiger partial charge in [0.15, 0.2) is 9.84 Å². The van der Waals surface area contributed by atoms with E-state index in [0.29, 0.717) is 40.7 Å². The fourth-order valence-corrected chi connectivity index (χ4v) is 5.33. The van der Waals surface area contributed by atoms with Gasteiger partial charge in [0.2, 0.25) is 5.95 Å². The zero-order chi connectivity index (χ0) is 22.6. The lowest BCUT2D eigenvalue weighted by Crippen LogP contribution is -2.35. The van der Waals surface area contributed by atoms with Crippen LogP contribution in [0.3, 0.4) is 0 Å². The Hall–Kier alpha value is -3.43. The number of nitrogens with zero attached hydrogens (tertiary/aromatic N) is 2. The molecule has 166 valence electrons. The summed E-state index contributed by atoms with van der Waals surface area (Å²) in [7, 11) is -3.32. The molecular formula is C23H26N6O2S. The first-order valence-corrected chi connectivity index (χ1v) is 11.9. The van der Waals surface area contributed by atoms with E-state index in [9.17, 15) is 8.42 Å². The van der Waals surface area contributed by atoms with Crippen molar-refractivity contribution >= 4 is 45.0 Å². The van der Waals surface area contributed by atoms with Crippen molar-refractivity contribution in [2.45, 2.75) is 23.0 Å². The molecule has 0 saturated carbocycles. The number of piperidine rings is 1. The van der Waals surface area contributed by atoms with E-state index < -0.39 is 9.84 Å². The van der Waals surface area contributed by atoms with Gasteiger partial charge in [-0.15, -0.1) is 0 Å². The molecule has 0 radical (unpaired) electrons. The number of nitrogen functional groups attached to an aromatic ring is 2. The highest BCUT2D eigenvalue weighted by Gasteiger charge is 2.28. The minimum Gasteiger partial charge on any atom is -0.397 e. The second-order valence-corrected chi connectivity index (χ2v) is 9.90. The molecule has 1 saturated heterocycles. The number of sulfone groups is 1. The summed E-state index contributed by atoms with van der Waals surface area (Å²) in [6, 6.07) is 12.2. The summed E-state index contributed by atoms with van der Waals surface area (Å²) in [6.07, 6.45) is 8.37. The van der Waals surface area contributed by atoms with E-state index in [1.54, 1.807) is 42.7 Å². The smallest absolute Gasteiger partial charge is 0.227 e. The second kappa shape index (κ2) is 9.37. The summed E-state index contributed by atoms with van der Waals surface area (Å²) >= 11 is 0. The molecule has 0 atom stereocenters. The molecular weight excluding hydrogens is 424 g/mol. The van der Waals surface area contributed by atoms with Gasteiger partial charge in [0.1, 0.15) is 0 Å². The summed E-state index contributed by atoms with van der Waals surface area (Å²) in [5.41, 5.74) is 15.2. The molecule has 32 heavy (non-hydrogen) atoms. The Kier molecular flexibility index (Phi) is 6.38. The number of anilines is 4. The van der Waals surface area contributed by atoms with Gasteiger partial charge in [0.25, 0.3) is 0 Å². The van der Waals surface area contributed by atoms with Crippen LogP contribution in [0.25, 0.3) is 12.2 Å². The van der Waals surface area contributed by atoms with Gasteiger partial charge in [0.05, 0.1) is 21.5 Å². The fraction of sp³-hybridized carbons (Fsp3) is 0.217. The first-order valence-electron chi connectivity index (χ1n) is 10.4. The SMILES string of the molecule is Nc1cccc(/C=C/c2cnc(Nc3ccc(S(=O)(=O)C4CCNCC4)cc3)nc2)c1N. The average Bonchev–Trinajstić information content (AvgIpc) is 2.82. The number of benzene rings is 2. The zero-order valence-electron chi connectivity index (χ0n) is 17.5. The van der Waals surface area contributed by atoms with Crippen molar-refractivity contribution in [2.24, 2.45) is 0 Å². The predicted octanol–water partition coefficient (Wildman–Crippen LogP) is 3.08. The Morgan fingerprint density at radius 2 is 1.66 bits per heavy atom. The molecule has 0 unspecified atom stereocenters. The lowest BCUT2D eigenvalue weighted by molar-refractivity contribution is 0.496. The summed E-state index contributed by atoms with van der Waals surface area (Å²) in [6.45, 7) is 1.47. The first-order chi connectivity index (χ1) is 15.4. The molecule has 1 aliphatic rings. The average molecular weight is 451 g/mol. The van der Waals surface area contributed by atoms with E-state index >= 15 is 0 Å². The van der Waals surface area contributed by atoms with E-state index in [-0.39, 0.29) is 5.25 Å². The molecule has 8 nitrogen and oxygen atoms in total. The topological polar surface area (TPSA) is 136 Å². The maximum atomic E-state index is 12.8. The van der Waals surface area contributed by atoms with Gasteiger partial charge in [-0.1, -0.05) is 24.3 Å². The highest BCUT2D eigenvalue weighted by atomic mass is 32.2. The van der Waals surface area contributed by atoms with Gasteiger partial charge in [0, 0.05) is 23.6 Å². The van der Waals surface area contributed by atoms with Crippen molar-refractivity contribution in [3.8, 4) is 0 Å². The highest BCUT2D eigenvalue weighted by Crippen LogP contribution is 2.25. The van der Waals surface area contributed by atoms with Gasteiger partial charge < -0.3 is 22.1 Å². The standard InChI is InChI=1S/C23H26N6O2S/c24-21-3-1-2-17(22(21)25)5-4-16-14-27-23(28-15-16)29-18-6-8-19(9-7-18)32(30,31)20-10-12-26-13-11-20/h1-9,14-15,20,26H,10-13,24-25H2,(H,27,28,29)/b5-4+. The number of nitrogens with two attached hydrogens (primary N) is 2. The fourth-order valence-electron chi connectivity index (χ4n) is 3.58. The molecule has 0 amide bonds. The van der Waals surface area contributed by atoms with E-state index in [0.717, 1.165) is 24.2 Å². The van der Waals surface area contributed by atoms with E-state index in [1.807, 2.05) is 24.3 Å². The third-order valence-electron chi connectivity index (χ3n) is 5.46. The Morgan fingerprint density at radius 3 is 2.34 bits per heavy atom. The normalized spacial score (nSPS) is 15.1. The van der Waals surface area contributed by atoms with Gasteiger partial charge in [-0.25, -0.2) is 18.4 Å². The number of para-hydroxylation sites is 1. The largest absolute Gasteiger partial charge is 0.397 e. The molecule has 2 heterocycles. The Balaban J connectivity index is 1.41. The van der Waals surface area contributed by atoms with Gasteiger partial charge in [-0.05, 0) is 61.8 Å². The third-order valence-corrected chi connectivity index (χ3v) is 7.74. The van der Waals surface area contributed by atoms with Crippen molar-refractivity contribution in [3.05, 3.63) is 66.0 Å². The van der Waals surface area contributed by atoms with E-state index in [4.69, 9.17) is 11.5 Å². The predicted molar refractivity (Wildman–Crippen MR) is 129 cm³/mol. The van der Waals surface area contributed by atoms with Crippen molar-refractivity contribution in [3.63, 3.8) is 0 Å². The van der Waals surface area contributed by atoms with Crippen LogP contribution in [0.1, 0.15) is 24.0 Å². The number of nitrogens with one attached hydrogen (secondary N) is 2. The molecule has 3 aromatic rings. The van der Waals surface area contributed by atoms with Crippen LogP contribution in [-0.2, 0) is 9.84 Å². The summed E-state index contributed by atoms with van der Waals surface area (Å²) < 4.78 is 25.6. The molecule has 1 fully saturated rings. The molecule has 6 N–H and O–H groups in total. The summed E-state index contributed by atoms with van der Waals surface area (Å²) in [5.74, 6) is 0.416. The molecule has 1 aliphatic heterocycles. The molecule has 4 rings (SSSR count). The molecule has 0 aliphatic carbocycles.